The maximum Gasteiger partial charge on any atom is 0.417 e. The van der Waals surface area contributed by atoms with E-state index in [2.05, 4.69) is 0 Å². The predicted molar refractivity (Wildman–Crippen MR) is 98.1 cm³/mol. The van der Waals surface area contributed by atoms with E-state index < -0.39 is 23.8 Å². The number of likely N-dealkylation sites (tertiary alicyclic amines) is 1. The molecule has 7 heteroatoms. The minimum absolute atomic E-state index is 0.165. The largest absolute Gasteiger partial charge is 0.447 e. The summed E-state index contributed by atoms with van der Waals surface area (Å²) in [5, 5.41) is 0. The summed E-state index contributed by atoms with van der Waals surface area (Å²) in [6.07, 6.45) is 0.571. The van der Waals surface area contributed by atoms with Gasteiger partial charge in [0.2, 0.25) is 0 Å². The van der Waals surface area contributed by atoms with Crippen molar-refractivity contribution in [1.82, 2.24) is 9.80 Å². The number of carbonyl (C=O) groups excluding carboxylic acids is 3. The molecule has 3 rings (SSSR count). The van der Waals surface area contributed by atoms with E-state index in [0.717, 1.165) is 5.56 Å². The van der Waals surface area contributed by atoms with Crippen molar-refractivity contribution in [2.24, 2.45) is 0 Å². The number of rotatable bonds is 3. The minimum atomic E-state index is -0.691. The van der Waals surface area contributed by atoms with Gasteiger partial charge in [0.05, 0.1) is 6.04 Å². The Morgan fingerprint density at radius 2 is 1.93 bits per heavy atom. The van der Waals surface area contributed by atoms with Crippen LogP contribution in [0, 0.1) is 0 Å². The lowest BCUT2D eigenvalue weighted by molar-refractivity contribution is -0.133. The van der Waals surface area contributed by atoms with Crippen molar-refractivity contribution in [3.63, 3.8) is 0 Å². The van der Waals surface area contributed by atoms with Crippen molar-refractivity contribution in [2.75, 3.05) is 13.2 Å². The molecule has 2 aliphatic rings. The van der Waals surface area contributed by atoms with Gasteiger partial charge < -0.3 is 9.47 Å². The smallest absolute Gasteiger partial charge is 0.417 e. The molecule has 0 saturated carbocycles. The van der Waals surface area contributed by atoms with Crippen LogP contribution < -0.4 is 0 Å². The normalized spacial score (nSPS) is 22.7. The molecule has 2 aliphatic heterocycles. The Morgan fingerprint density at radius 1 is 1.22 bits per heavy atom. The zero-order chi connectivity index (χ0) is 19.6. The summed E-state index contributed by atoms with van der Waals surface area (Å²) in [6, 6.07) is 8.60. The fourth-order valence-electron chi connectivity index (χ4n) is 3.49. The van der Waals surface area contributed by atoms with Gasteiger partial charge >= 0.3 is 12.2 Å². The zero-order valence-corrected chi connectivity index (χ0v) is 16.0. The predicted octanol–water partition coefficient (Wildman–Crippen LogP) is 2.98. The molecule has 1 aromatic carbocycles. The van der Waals surface area contributed by atoms with Gasteiger partial charge in [-0.25, -0.2) is 14.5 Å². The molecule has 2 heterocycles. The van der Waals surface area contributed by atoms with E-state index in [9.17, 15) is 14.4 Å². The van der Waals surface area contributed by atoms with E-state index >= 15 is 0 Å². The number of cyclic esters (lactones) is 1. The van der Waals surface area contributed by atoms with Crippen molar-refractivity contribution in [3.05, 3.63) is 35.9 Å². The summed E-state index contributed by atoms with van der Waals surface area (Å²) < 4.78 is 10.6. The molecule has 3 amide bonds. The summed E-state index contributed by atoms with van der Waals surface area (Å²) in [4.78, 5) is 40.4. The number of benzene rings is 1. The van der Waals surface area contributed by atoms with Gasteiger partial charge in [0.15, 0.2) is 0 Å². The molecular weight excluding hydrogens is 348 g/mol. The molecule has 0 radical (unpaired) electrons. The van der Waals surface area contributed by atoms with Crippen molar-refractivity contribution in [3.8, 4) is 0 Å². The molecule has 2 atom stereocenters. The van der Waals surface area contributed by atoms with Crippen LogP contribution in [0.4, 0.5) is 9.59 Å². The second-order valence-electron chi connectivity index (χ2n) is 7.96. The second kappa shape index (κ2) is 7.58. The van der Waals surface area contributed by atoms with Crippen molar-refractivity contribution in [2.45, 2.75) is 57.7 Å². The highest BCUT2D eigenvalue weighted by molar-refractivity contribution is 5.98. The van der Waals surface area contributed by atoms with E-state index in [0.29, 0.717) is 25.8 Å². The van der Waals surface area contributed by atoms with Gasteiger partial charge in [0.1, 0.15) is 18.2 Å². The number of ether oxygens (including phenoxy) is 2. The molecule has 0 bridgehead atoms. The van der Waals surface area contributed by atoms with Crippen molar-refractivity contribution < 1.29 is 23.9 Å². The van der Waals surface area contributed by atoms with Gasteiger partial charge in [-0.05, 0) is 45.6 Å². The number of hydrogen-bond donors (Lipinski definition) is 0. The molecule has 2 fully saturated rings. The van der Waals surface area contributed by atoms with Crippen LogP contribution in [0.3, 0.4) is 0 Å². The van der Waals surface area contributed by atoms with E-state index in [1.54, 1.807) is 20.8 Å². The van der Waals surface area contributed by atoms with E-state index in [1.165, 1.54) is 9.80 Å². The highest BCUT2D eigenvalue weighted by atomic mass is 16.6. The summed E-state index contributed by atoms with van der Waals surface area (Å²) in [6.45, 7) is 5.96. The van der Waals surface area contributed by atoms with Gasteiger partial charge in [0.25, 0.3) is 5.91 Å². The van der Waals surface area contributed by atoms with Crippen LogP contribution in [-0.2, 0) is 20.7 Å². The third-order valence-corrected chi connectivity index (χ3v) is 4.68. The molecular formula is C20H26N2O5. The molecule has 27 heavy (non-hydrogen) atoms. The third-order valence-electron chi connectivity index (χ3n) is 4.68. The minimum Gasteiger partial charge on any atom is -0.447 e. The first-order chi connectivity index (χ1) is 12.8. The molecule has 0 spiro atoms. The average molecular weight is 374 g/mol. The van der Waals surface area contributed by atoms with Gasteiger partial charge in [0, 0.05) is 6.54 Å². The van der Waals surface area contributed by atoms with Gasteiger partial charge in [-0.2, -0.15) is 0 Å². The third kappa shape index (κ3) is 4.40. The quantitative estimate of drug-likeness (QED) is 0.813. The standard InChI is InChI=1S/C20H26N2O5/c1-20(2,3)27-18(24)21-11-7-10-16(21)17(23)22-15(13-26-19(22)25)12-14-8-5-4-6-9-14/h4-6,8-9,15-16H,7,10-13H2,1-3H3/t15-,16+/m1/s1. The Bertz CT molecular complexity index is 713. The van der Waals surface area contributed by atoms with Crippen LogP contribution in [-0.4, -0.2) is 58.7 Å². The molecule has 7 nitrogen and oxygen atoms in total. The van der Waals surface area contributed by atoms with Crippen molar-refractivity contribution >= 4 is 18.1 Å². The number of imide groups is 1. The van der Waals surface area contributed by atoms with Crippen LogP contribution >= 0.6 is 0 Å². The first-order valence-corrected chi connectivity index (χ1v) is 9.29. The maximum absolute atomic E-state index is 13.1. The van der Waals surface area contributed by atoms with Crippen LogP contribution in [0.5, 0.6) is 0 Å². The summed E-state index contributed by atoms with van der Waals surface area (Å²) >= 11 is 0. The molecule has 0 aliphatic carbocycles. The number of carbonyl (C=O) groups is 3. The second-order valence-corrected chi connectivity index (χ2v) is 7.96. The first-order valence-electron chi connectivity index (χ1n) is 9.29. The maximum atomic E-state index is 13.1. The lowest BCUT2D eigenvalue weighted by Crippen LogP contribution is -2.52. The molecule has 2 saturated heterocycles. The Hall–Kier alpha value is -2.57. The Morgan fingerprint density at radius 3 is 2.59 bits per heavy atom. The Kier molecular flexibility index (Phi) is 5.39. The van der Waals surface area contributed by atoms with Gasteiger partial charge in [-0.15, -0.1) is 0 Å². The van der Waals surface area contributed by atoms with Crippen LogP contribution in [0.25, 0.3) is 0 Å². The Labute approximate surface area is 159 Å². The molecule has 146 valence electrons. The van der Waals surface area contributed by atoms with Gasteiger partial charge in [-0.3, -0.25) is 9.69 Å². The fourth-order valence-corrected chi connectivity index (χ4v) is 3.49. The number of nitrogens with zero attached hydrogens (tertiary/aromatic N) is 2. The van der Waals surface area contributed by atoms with Gasteiger partial charge in [-0.1, -0.05) is 30.3 Å². The number of hydrogen-bond acceptors (Lipinski definition) is 5. The topological polar surface area (TPSA) is 76.2 Å². The average Bonchev–Trinajstić information content (AvgIpc) is 3.21. The molecule has 0 unspecified atom stereocenters. The lowest BCUT2D eigenvalue weighted by Gasteiger charge is -2.30. The highest BCUT2D eigenvalue weighted by Gasteiger charge is 2.45. The van der Waals surface area contributed by atoms with Crippen molar-refractivity contribution in [1.29, 1.82) is 0 Å². The van der Waals surface area contributed by atoms with Crippen LogP contribution in [0.1, 0.15) is 39.2 Å². The summed E-state index contributed by atoms with van der Waals surface area (Å²) in [5.74, 6) is -0.387. The van der Waals surface area contributed by atoms with E-state index in [4.69, 9.17) is 9.47 Å². The fraction of sp³-hybridized carbons (Fsp3) is 0.550. The SMILES string of the molecule is CC(C)(C)OC(=O)N1CCC[C@H]1C(=O)N1C(=O)OC[C@H]1Cc1ccccc1. The molecule has 1 aromatic rings. The monoisotopic (exact) mass is 374 g/mol. The molecule has 0 N–H and O–H groups in total. The zero-order valence-electron chi connectivity index (χ0n) is 16.0. The first kappa shape index (κ1) is 19.2. The van der Waals surface area contributed by atoms with E-state index in [1.807, 2.05) is 30.3 Å². The van der Waals surface area contributed by atoms with E-state index in [-0.39, 0.29) is 18.6 Å². The Balaban J connectivity index is 1.74. The number of amides is 3. The van der Waals surface area contributed by atoms with Crippen LogP contribution in [0.2, 0.25) is 0 Å². The summed E-state index contributed by atoms with van der Waals surface area (Å²) in [5.41, 5.74) is 0.379. The van der Waals surface area contributed by atoms with Crippen LogP contribution in [0.15, 0.2) is 30.3 Å². The molecule has 0 aromatic heterocycles. The summed E-state index contributed by atoms with van der Waals surface area (Å²) in [7, 11) is 0. The highest BCUT2D eigenvalue weighted by Crippen LogP contribution is 2.26. The lowest BCUT2D eigenvalue weighted by atomic mass is 10.0.